The number of aromatic nitrogens is 3. The summed E-state index contributed by atoms with van der Waals surface area (Å²) in [5, 5.41) is 7.18. The predicted molar refractivity (Wildman–Crippen MR) is 189 cm³/mol. The van der Waals surface area contributed by atoms with Crippen LogP contribution in [0.15, 0.2) is 132 Å². The molecule has 45 heavy (non-hydrogen) atoms. The maximum atomic E-state index is 6.11. The molecule has 6 heteroatoms. The van der Waals surface area contributed by atoms with E-state index in [1.54, 1.807) is 22.7 Å². The molecule has 210 valence electrons. The summed E-state index contributed by atoms with van der Waals surface area (Å²) >= 11 is 3.60. The van der Waals surface area contributed by atoms with Gasteiger partial charge in [0, 0.05) is 67.8 Å². The Bertz CT molecular complexity index is 2660. The first-order chi connectivity index (χ1) is 22.2. The van der Waals surface area contributed by atoms with E-state index in [-0.39, 0.29) is 0 Å². The summed E-state index contributed by atoms with van der Waals surface area (Å²) in [6.45, 7) is 0. The van der Waals surface area contributed by atoms with Crippen molar-refractivity contribution in [1.29, 1.82) is 0 Å². The maximum absolute atomic E-state index is 6.11. The van der Waals surface area contributed by atoms with Gasteiger partial charge >= 0.3 is 0 Å². The zero-order valence-corrected chi connectivity index (χ0v) is 25.3. The fourth-order valence-corrected chi connectivity index (χ4v) is 8.65. The van der Waals surface area contributed by atoms with Gasteiger partial charge in [-0.3, -0.25) is 0 Å². The third-order valence-corrected chi connectivity index (χ3v) is 10.8. The van der Waals surface area contributed by atoms with E-state index >= 15 is 0 Å². The first-order valence-electron chi connectivity index (χ1n) is 14.8. The zero-order chi connectivity index (χ0) is 29.5. The van der Waals surface area contributed by atoms with E-state index in [0.29, 0.717) is 17.5 Å². The molecule has 0 bridgehead atoms. The van der Waals surface area contributed by atoms with Gasteiger partial charge in [-0.05, 0) is 48.5 Å². The Labute approximate surface area is 264 Å². The molecule has 0 radical (unpaired) electrons. The number of furan rings is 1. The number of para-hydroxylation sites is 1. The van der Waals surface area contributed by atoms with Gasteiger partial charge in [0.25, 0.3) is 0 Å². The van der Waals surface area contributed by atoms with E-state index in [0.717, 1.165) is 38.6 Å². The first kappa shape index (κ1) is 25.0. The van der Waals surface area contributed by atoms with Gasteiger partial charge in [-0.2, -0.15) is 0 Å². The van der Waals surface area contributed by atoms with Gasteiger partial charge in [0.2, 0.25) is 0 Å². The van der Waals surface area contributed by atoms with Crippen LogP contribution in [0.25, 0.3) is 96.4 Å². The van der Waals surface area contributed by atoms with Crippen molar-refractivity contribution in [3.8, 4) is 34.2 Å². The first-order valence-corrected chi connectivity index (χ1v) is 16.4. The largest absolute Gasteiger partial charge is 0.456 e. The Balaban J connectivity index is 1.19. The van der Waals surface area contributed by atoms with Crippen LogP contribution in [0, 0.1) is 0 Å². The molecule has 0 saturated carbocycles. The molecule has 0 aliphatic heterocycles. The van der Waals surface area contributed by atoms with Crippen molar-refractivity contribution in [3.63, 3.8) is 0 Å². The summed E-state index contributed by atoms with van der Waals surface area (Å²) in [6.07, 6.45) is 0. The van der Waals surface area contributed by atoms with E-state index in [1.807, 2.05) is 30.3 Å². The van der Waals surface area contributed by atoms with Crippen molar-refractivity contribution >= 4 is 85.0 Å². The van der Waals surface area contributed by atoms with Crippen LogP contribution in [0.3, 0.4) is 0 Å². The van der Waals surface area contributed by atoms with Crippen molar-refractivity contribution < 1.29 is 4.42 Å². The number of nitrogens with zero attached hydrogens (tertiary/aromatic N) is 3. The topological polar surface area (TPSA) is 51.8 Å². The lowest BCUT2D eigenvalue weighted by Crippen LogP contribution is -2.00. The second-order valence-corrected chi connectivity index (χ2v) is 13.4. The van der Waals surface area contributed by atoms with Gasteiger partial charge in [0.15, 0.2) is 17.5 Å². The lowest BCUT2D eigenvalue weighted by Gasteiger charge is -2.09. The van der Waals surface area contributed by atoms with Crippen LogP contribution in [0.1, 0.15) is 0 Å². The maximum Gasteiger partial charge on any atom is 0.164 e. The van der Waals surface area contributed by atoms with Gasteiger partial charge in [-0.1, -0.05) is 78.9 Å². The highest BCUT2D eigenvalue weighted by molar-refractivity contribution is 7.26. The summed E-state index contributed by atoms with van der Waals surface area (Å²) in [7, 11) is 0. The number of thiophene rings is 2. The summed E-state index contributed by atoms with van der Waals surface area (Å²) in [5.41, 5.74) is 4.58. The second kappa shape index (κ2) is 9.53. The number of fused-ring (bicyclic) bond motifs is 9. The summed E-state index contributed by atoms with van der Waals surface area (Å²) in [4.78, 5) is 15.3. The molecule has 4 heterocycles. The molecule has 10 rings (SSSR count). The molecule has 0 fully saturated rings. The quantitative estimate of drug-likeness (QED) is 0.199. The fraction of sp³-hybridized carbons (Fsp3) is 0. The number of benzene rings is 6. The van der Waals surface area contributed by atoms with Gasteiger partial charge in [-0.15, -0.1) is 22.7 Å². The zero-order valence-electron chi connectivity index (χ0n) is 23.7. The van der Waals surface area contributed by atoms with Gasteiger partial charge < -0.3 is 4.42 Å². The normalized spacial score (nSPS) is 12.0. The van der Waals surface area contributed by atoms with Gasteiger partial charge in [-0.25, -0.2) is 15.0 Å². The standard InChI is InChI=1S/C39H21N3OS2/c1-4-10-31-25(7-1)30-19-22(15-18-32(30)43-31)37-40-38(23-13-16-28-26-8-2-5-11-33(26)44-35(28)20-23)42-39(41-37)24-14-17-29-27-9-3-6-12-34(27)45-36(29)21-24/h1-21H. The monoisotopic (exact) mass is 611 g/mol. The Morgan fingerprint density at radius 2 is 0.800 bits per heavy atom. The minimum Gasteiger partial charge on any atom is -0.456 e. The van der Waals surface area contributed by atoms with Crippen LogP contribution in [0.4, 0.5) is 0 Å². The van der Waals surface area contributed by atoms with E-state index in [4.69, 9.17) is 19.4 Å². The SMILES string of the molecule is c1ccc2c(c1)oc1ccc(-c3nc(-c4ccc5c(c4)sc4ccccc45)nc(-c4ccc5c(c4)sc4ccccc45)n3)cc12. The van der Waals surface area contributed by atoms with E-state index in [1.165, 1.54) is 40.3 Å². The minimum absolute atomic E-state index is 0.634. The third kappa shape index (κ3) is 3.93. The average Bonchev–Trinajstić information content (AvgIpc) is 3.78. The lowest BCUT2D eigenvalue weighted by molar-refractivity contribution is 0.669. The van der Waals surface area contributed by atoms with Crippen molar-refractivity contribution in [2.75, 3.05) is 0 Å². The summed E-state index contributed by atoms with van der Waals surface area (Å²) in [5.74, 6) is 1.95. The van der Waals surface area contributed by atoms with Gasteiger partial charge in [0.05, 0.1) is 0 Å². The lowest BCUT2D eigenvalue weighted by atomic mass is 10.1. The van der Waals surface area contributed by atoms with Crippen molar-refractivity contribution in [2.45, 2.75) is 0 Å². The molecule has 0 atom stereocenters. The molecule has 0 spiro atoms. The minimum atomic E-state index is 0.634. The smallest absolute Gasteiger partial charge is 0.164 e. The number of hydrogen-bond donors (Lipinski definition) is 0. The highest BCUT2D eigenvalue weighted by Gasteiger charge is 2.17. The number of hydrogen-bond acceptors (Lipinski definition) is 6. The molecular formula is C39H21N3OS2. The Kier molecular flexibility index (Phi) is 5.29. The summed E-state index contributed by atoms with van der Waals surface area (Å²) in [6, 6.07) is 44.5. The molecule has 10 aromatic rings. The molecule has 0 unspecified atom stereocenters. The Hall–Kier alpha value is -5.43. The highest BCUT2D eigenvalue weighted by atomic mass is 32.1. The molecule has 0 aliphatic carbocycles. The molecule has 4 aromatic heterocycles. The van der Waals surface area contributed by atoms with Crippen LogP contribution in [0.5, 0.6) is 0 Å². The van der Waals surface area contributed by atoms with Crippen molar-refractivity contribution in [1.82, 2.24) is 15.0 Å². The Morgan fingerprint density at radius 3 is 1.40 bits per heavy atom. The van der Waals surface area contributed by atoms with Crippen LogP contribution < -0.4 is 0 Å². The van der Waals surface area contributed by atoms with Crippen LogP contribution >= 0.6 is 22.7 Å². The predicted octanol–water partition coefficient (Wildman–Crippen LogP) is 11.5. The van der Waals surface area contributed by atoms with Crippen LogP contribution in [0.2, 0.25) is 0 Å². The Morgan fingerprint density at radius 1 is 0.356 bits per heavy atom. The van der Waals surface area contributed by atoms with E-state index < -0.39 is 0 Å². The number of rotatable bonds is 3. The fourth-order valence-electron chi connectivity index (χ4n) is 6.36. The molecule has 0 amide bonds. The molecule has 0 saturated heterocycles. The second-order valence-electron chi connectivity index (χ2n) is 11.2. The molecule has 0 N–H and O–H groups in total. The van der Waals surface area contributed by atoms with Crippen LogP contribution in [-0.4, -0.2) is 15.0 Å². The molecule has 4 nitrogen and oxygen atoms in total. The van der Waals surface area contributed by atoms with Crippen molar-refractivity contribution in [2.24, 2.45) is 0 Å². The molecular weight excluding hydrogens is 591 g/mol. The summed E-state index contributed by atoms with van der Waals surface area (Å²) < 4.78 is 11.1. The highest BCUT2D eigenvalue weighted by Crippen LogP contribution is 2.39. The molecule has 0 aliphatic rings. The van der Waals surface area contributed by atoms with Gasteiger partial charge in [0.1, 0.15) is 11.2 Å². The van der Waals surface area contributed by atoms with E-state index in [2.05, 4.69) is 97.1 Å². The molecule has 6 aromatic carbocycles. The van der Waals surface area contributed by atoms with Crippen molar-refractivity contribution in [3.05, 3.63) is 127 Å². The van der Waals surface area contributed by atoms with E-state index in [9.17, 15) is 0 Å². The van der Waals surface area contributed by atoms with Crippen LogP contribution in [-0.2, 0) is 0 Å². The average molecular weight is 612 g/mol. The third-order valence-electron chi connectivity index (χ3n) is 8.54.